The molecule has 0 aliphatic heterocycles. The lowest BCUT2D eigenvalue weighted by molar-refractivity contribution is 0.549. The van der Waals surface area contributed by atoms with Gasteiger partial charge in [-0.1, -0.05) is 25.4 Å². The number of anilines is 1. The average molecular weight is 217 g/mol. The van der Waals surface area contributed by atoms with E-state index < -0.39 is 5.82 Å². The lowest BCUT2D eigenvalue weighted by atomic mass is 10.1. The monoisotopic (exact) mass is 216 g/mol. The maximum absolute atomic E-state index is 13.3. The summed E-state index contributed by atoms with van der Waals surface area (Å²) < 4.78 is 13.3. The second-order valence-corrected chi connectivity index (χ2v) is 4.10. The van der Waals surface area contributed by atoms with E-state index in [2.05, 4.69) is 24.1 Å². The van der Waals surface area contributed by atoms with Gasteiger partial charge < -0.3 is 5.32 Å². The van der Waals surface area contributed by atoms with Gasteiger partial charge in [0.05, 0.1) is 5.02 Å². The summed E-state index contributed by atoms with van der Waals surface area (Å²) in [4.78, 5) is 3.88. The van der Waals surface area contributed by atoms with Crippen LogP contribution in [0.15, 0.2) is 12.3 Å². The van der Waals surface area contributed by atoms with E-state index in [0.717, 1.165) is 0 Å². The Morgan fingerprint density at radius 1 is 1.43 bits per heavy atom. The average Bonchev–Trinajstić information content (AvgIpc) is 2.09. The van der Waals surface area contributed by atoms with Crippen molar-refractivity contribution < 1.29 is 4.39 Å². The molecule has 1 N–H and O–H groups in total. The molecule has 2 nitrogen and oxygen atoms in total. The van der Waals surface area contributed by atoms with E-state index in [4.69, 9.17) is 11.6 Å². The molecule has 1 aromatic rings. The van der Waals surface area contributed by atoms with Crippen LogP contribution in [0.25, 0.3) is 0 Å². The molecule has 0 aliphatic carbocycles. The van der Waals surface area contributed by atoms with Crippen LogP contribution in [0.2, 0.25) is 5.02 Å². The molecule has 0 aliphatic rings. The number of rotatable bonds is 3. The van der Waals surface area contributed by atoms with Gasteiger partial charge >= 0.3 is 0 Å². The number of hydrogen-bond donors (Lipinski definition) is 1. The summed E-state index contributed by atoms with van der Waals surface area (Å²) >= 11 is 5.59. The zero-order valence-corrected chi connectivity index (χ0v) is 9.27. The fourth-order valence-corrected chi connectivity index (χ4v) is 1.05. The third-order valence-corrected chi connectivity index (χ3v) is 2.38. The van der Waals surface area contributed by atoms with Gasteiger partial charge in [0.15, 0.2) is 11.6 Å². The molecular weight excluding hydrogens is 203 g/mol. The molecule has 0 saturated carbocycles. The molecule has 0 aromatic carbocycles. The van der Waals surface area contributed by atoms with Crippen LogP contribution in [0, 0.1) is 11.7 Å². The maximum Gasteiger partial charge on any atom is 0.166 e. The second-order valence-electron chi connectivity index (χ2n) is 3.66. The molecule has 0 bridgehead atoms. The van der Waals surface area contributed by atoms with Gasteiger partial charge in [-0.15, -0.1) is 0 Å². The smallest absolute Gasteiger partial charge is 0.166 e. The number of hydrogen-bond acceptors (Lipinski definition) is 2. The second kappa shape index (κ2) is 4.60. The highest BCUT2D eigenvalue weighted by molar-refractivity contribution is 6.30. The molecule has 14 heavy (non-hydrogen) atoms. The molecule has 1 unspecified atom stereocenters. The van der Waals surface area contributed by atoms with Crippen molar-refractivity contribution in [2.45, 2.75) is 26.8 Å². The van der Waals surface area contributed by atoms with Crippen LogP contribution >= 0.6 is 11.6 Å². The van der Waals surface area contributed by atoms with Crippen LogP contribution in [0.5, 0.6) is 0 Å². The Labute approximate surface area is 88.5 Å². The van der Waals surface area contributed by atoms with Crippen LogP contribution in [0.4, 0.5) is 10.2 Å². The molecule has 78 valence electrons. The zero-order valence-electron chi connectivity index (χ0n) is 8.51. The number of pyridine rings is 1. The van der Waals surface area contributed by atoms with Crippen molar-refractivity contribution in [3.63, 3.8) is 0 Å². The van der Waals surface area contributed by atoms with Crippen LogP contribution in [0.1, 0.15) is 20.8 Å². The largest absolute Gasteiger partial charge is 0.365 e. The first-order valence-electron chi connectivity index (χ1n) is 4.58. The molecule has 0 saturated heterocycles. The van der Waals surface area contributed by atoms with Crippen molar-refractivity contribution in [3.8, 4) is 0 Å². The fraction of sp³-hybridized carbons (Fsp3) is 0.500. The summed E-state index contributed by atoms with van der Waals surface area (Å²) in [5.74, 6) is 0.271. The summed E-state index contributed by atoms with van der Waals surface area (Å²) in [6, 6.07) is 1.43. The van der Waals surface area contributed by atoms with Crippen LogP contribution in [0.3, 0.4) is 0 Å². The number of aromatic nitrogens is 1. The molecule has 0 fully saturated rings. The predicted octanol–water partition coefficient (Wildman–Crippen LogP) is 3.33. The Balaban J connectivity index is 2.77. The molecule has 0 amide bonds. The van der Waals surface area contributed by atoms with Gasteiger partial charge in [-0.05, 0) is 18.9 Å². The van der Waals surface area contributed by atoms with Crippen molar-refractivity contribution in [3.05, 3.63) is 23.1 Å². The minimum absolute atomic E-state index is 0.179. The van der Waals surface area contributed by atoms with Gasteiger partial charge in [0.25, 0.3) is 0 Å². The van der Waals surface area contributed by atoms with Crippen LogP contribution in [-0.2, 0) is 0 Å². The quantitative estimate of drug-likeness (QED) is 0.839. The van der Waals surface area contributed by atoms with Gasteiger partial charge in [0, 0.05) is 12.2 Å². The van der Waals surface area contributed by atoms with E-state index in [1.54, 1.807) is 0 Å². The normalized spacial score (nSPS) is 13.0. The topological polar surface area (TPSA) is 24.9 Å². The molecular formula is C10H14ClFN2. The first kappa shape index (κ1) is 11.2. The minimum Gasteiger partial charge on any atom is -0.365 e. The number of halogens is 2. The molecule has 1 aromatic heterocycles. The SMILES string of the molecule is CC(C)C(C)Nc1ncc(Cl)cc1F. The summed E-state index contributed by atoms with van der Waals surface area (Å²) in [5, 5.41) is 3.30. The highest BCUT2D eigenvalue weighted by Crippen LogP contribution is 2.17. The molecule has 0 radical (unpaired) electrons. The summed E-state index contributed by atoms with van der Waals surface area (Å²) in [6.07, 6.45) is 1.43. The maximum atomic E-state index is 13.3. The third-order valence-electron chi connectivity index (χ3n) is 2.17. The Hall–Kier alpha value is -0.830. The first-order valence-corrected chi connectivity index (χ1v) is 4.96. The van der Waals surface area contributed by atoms with E-state index in [0.29, 0.717) is 10.9 Å². The third kappa shape index (κ3) is 2.84. The predicted molar refractivity (Wildman–Crippen MR) is 57.1 cm³/mol. The highest BCUT2D eigenvalue weighted by atomic mass is 35.5. The molecule has 0 spiro atoms. The standard InChI is InChI=1S/C10H14ClFN2/c1-6(2)7(3)14-10-9(12)4-8(11)5-13-10/h4-7H,1-3H3,(H,13,14). The van der Waals surface area contributed by atoms with Gasteiger partial charge in [0.1, 0.15) is 0 Å². The van der Waals surface area contributed by atoms with Crippen molar-refractivity contribution in [1.29, 1.82) is 0 Å². The summed E-state index contributed by atoms with van der Waals surface area (Å²) in [5.41, 5.74) is 0. The Morgan fingerprint density at radius 3 is 2.57 bits per heavy atom. The van der Waals surface area contributed by atoms with E-state index in [9.17, 15) is 4.39 Å². The molecule has 4 heteroatoms. The Morgan fingerprint density at radius 2 is 2.07 bits per heavy atom. The highest BCUT2D eigenvalue weighted by Gasteiger charge is 2.10. The molecule has 1 rings (SSSR count). The van der Waals surface area contributed by atoms with Gasteiger partial charge in [0.2, 0.25) is 0 Å². The van der Waals surface area contributed by atoms with Crippen molar-refractivity contribution in [2.75, 3.05) is 5.32 Å². The Bertz CT molecular complexity index is 315. The van der Waals surface area contributed by atoms with Crippen molar-refractivity contribution in [1.82, 2.24) is 4.98 Å². The molecule has 1 heterocycles. The summed E-state index contributed by atoms with van der Waals surface area (Å²) in [7, 11) is 0. The number of nitrogens with one attached hydrogen (secondary N) is 1. The lowest BCUT2D eigenvalue weighted by Crippen LogP contribution is -2.22. The van der Waals surface area contributed by atoms with Crippen LogP contribution in [-0.4, -0.2) is 11.0 Å². The number of nitrogens with zero attached hydrogens (tertiary/aromatic N) is 1. The summed E-state index contributed by atoms with van der Waals surface area (Å²) in [6.45, 7) is 6.11. The fourth-order valence-electron chi connectivity index (χ4n) is 0.903. The Kier molecular flexibility index (Phi) is 3.69. The van der Waals surface area contributed by atoms with E-state index in [1.807, 2.05) is 6.92 Å². The first-order chi connectivity index (χ1) is 6.50. The van der Waals surface area contributed by atoms with Crippen LogP contribution < -0.4 is 5.32 Å². The van der Waals surface area contributed by atoms with E-state index in [-0.39, 0.29) is 11.9 Å². The van der Waals surface area contributed by atoms with E-state index in [1.165, 1.54) is 12.3 Å². The van der Waals surface area contributed by atoms with Gasteiger partial charge in [-0.3, -0.25) is 0 Å². The lowest BCUT2D eigenvalue weighted by Gasteiger charge is -2.18. The van der Waals surface area contributed by atoms with Crippen molar-refractivity contribution in [2.24, 2.45) is 5.92 Å². The van der Waals surface area contributed by atoms with E-state index >= 15 is 0 Å². The minimum atomic E-state index is -0.412. The zero-order chi connectivity index (χ0) is 10.7. The van der Waals surface area contributed by atoms with Gasteiger partial charge in [-0.25, -0.2) is 9.37 Å². The molecule has 1 atom stereocenters. The van der Waals surface area contributed by atoms with Crippen molar-refractivity contribution >= 4 is 17.4 Å². The van der Waals surface area contributed by atoms with Gasteiger partial charge in [-0.2, -0.15) is 0 Å².